The summed E-state index contributed by atoms with van der Waals surface area (Å²) in [6, 6.07) is 17.7. The van der Waals surface area contributed by atoms with Gasteiger partial charge in [-0.1, -0.05) is 53.8 Å². The van der Waals surface area contributed by atoms with Gasteiger partial charge in [-0.05, 0) is 37.1 Å². The molecule has 0 aliphatic heterocycles. The molecule has 5 rings (SSSR count). The smallest absolute Gasteiger partial charge is 0.277 e. The van der Waals surface area contributed by atoms with E-state index in [2.05, 4.69) is 15.1 Å². The molecule has 30 heavy (non-hydrogen) atoms. The van der Waals surface area contributed by atoms with E-state index >= 15 is 0 Å². The Morgan fingerprint density at radius 3 is 2.63 bits per heavy atom. The van der Waals surface area contributed by atoms with Crippen molar-refractivity contribution in [3.05, 3.63) is 83.4 Å². The Kier molecular flexibility index (Phi) is 4.48. The minimum atomic E-state index is -0.305. The number of para-hydroxylation sites is 1. The van der Waals surface area contributed by atoms with E-state index in [4.69, 9.17) is 4.98 Å². The van der Waals surface area contributed by atoms with Crippen LogP contribution in [0.15, 0.2) is 60.8 Å². The summed E-state index contributed by atoms with van der Waals surface area (Å²) >= 11 is 1.49. The molecule has 8 heteroatoms. The zero-order valence-corrected chi connectivity index (χ0v) is 17.3. The maximum atomic E-state index is 13.5. The Labute approximate surface area is 176 Å². The average Bonchev–Trinajstić information content (AvgIpc) is 3.38. The van der Waals surface area contributed by atoms with E-state index in [1.165, 1.54) is 11.3 Å². The molecule has 2 aromatic carbocycles. The predicted molar refractivity (Wildman–Crippen MR) is 117 cm³/mol. The highest BCUT2D eigenvalue weighted by Gasteiger charge is 2.26. The van der Waals surface area contributed by atoms with Gasteiger partial charge in [0, 0.05) is 11.9 Å². The van der Waals surface area contributed by atoms with Crippen molar-refractivity contribution < 1.29 is 4.79 Å². The topological polar surface area (TPSA) is 76.3 Å². The van der Waals surface area contributed by atoms with Crippen LogP contribution in [0.25, 0.3) is 16.0 Å². The highest BCUT2D eigenvalue weighted by molar-refractivity contribution is 7.22. The summed E-state index contributed by atoms with van der Waals surface area (Å²) < 4.78 is 2.62. The quantitative estimate of drug-likeness (QED) is 0.441. The molecule has 3 heterocycles. The summed E-state index contributed by atoms with van der Waals surface area (Å²) in [5.41, 5.74) is 3.84. The molecule has 0 fully saturated rings. The van der Waals surface area contributed by atoms with Crippen LogP contribution in [0.5, 0.6) is 0 Å². The summed E-state index contributed by atoms with van der Waals surface area (Å²) in [5.74, 6) is 0.197. The molecular weight excluding hydrogens is 396 g/mol. The van der Waals surface area contributed by atoms with Crippen LogP contribution in [-0.4, -0.2) is 30.5 Å². The third-order valence-corrected chi connectivity index (χ3v) is 5.93. The van der Waals surface area contributed by atoms with Crippen molar-refractivity contribution in [1.82, 2.24) is 24.6 Å². The van der Waals surface area contributed by atoms with Crippen LogP contribution >= 0.6 is 11.3 Å². The lowest BCUT2D eigenvalue weighted by Crippen LogP contribution is -2.31. The number of hydrogen-bond donors (Lipinski definition) is 0. The van der Waals surface area contributed by atoms with Crippen LogP contribution in [0.2, 0.25) is 0 Å². The monoisotopic (exact) mass is 414 g/mol. The van der Waals surface area contributed by atoms with Crippen LogP contribution < -0.4 is 4.90 Å². The molecule has 0 aliphatic rings. The molecular formula is C22H18N6OS. The minimum Gasteiger partial charge on any atom is -0.277 e. The Morgan fingerprint density at radius 1 is 1.03 bits per heavy atom. The fraction of sp³-hybridized carbons (Fsp3) is 0.136. The van der Waals surface area contributed by atoms with Gasteiger partial charge in [0.15, 0.2) is 5.13 Å². The molecule has 148 valence electrons. The summed E-state index contributed by atoms with van der Waals surface area (Å²) in [6.45, 7) is 4.30. The van der Waals surface area contributed by atoms with Crippen LogP contribution in [0, 0.1) is 13.8 Å². The van der Waals surface area contributed by atoms with E-state index in [0.717, 1.165) is 27.0 Å². The third kappa shape index (κ3) is 3.21. The molecule has 0 radical (unpaired) electrons. The normalized spacial score (nSPS) is 11.3. The third-order valence-electron chi connectivity index (χ3n) is 4.89. The number of amides is 1. The SMILES string of the molecule is Cc1cccc2sc(N(Cc3ccccc3)C(=O)c3nc4nccc(C)n4n3)nc12. The van der Waals surface area contributed by atoms with Gasteiger partial charge < -0.3 is 0 Å². The van der Waals surface area contributed by atoms with Crippen molar-refractivity contribution in [3.8, 4) is 0 Å². The largest absolute Gasteiger partial charge is 0.300 e. The van der Waals surface area contributed by atoms with Crippen molar-refractivity contribution in [1.29, 1.82) is 0 Å². The van der Waals surface area contributed by atoms with Crippen LogP contribution in [0.4, 0.5) is 5.13 Å². The molecule has 5 aromatic rings. The number of benzene rings is 2. The number of hydrogen-bond acceptors (Lipinski definition) is 6. The second-order valence-corrected chi connectivity index (χ2v) is 8.04. The van der Waals surface area contributed by atoms with Gasteiger partial charge in [-0.25, -0.2) is 14.5 Å². The molecule has 0 aliphatic carbocycles. The minimum absolute atomic E-state index is 0.101. The van der Waals surface area contributed by atoms with Crippen molar-refractivity contribution in [2.24, 2.45) is 0 Å². The van der Waals surface area contributed by atoms with Crippen LogP contribution in [-0.2, 0) is 6.54 Å². The number of rotatable bonds is 4. The van der Waals surface area contributed by atoms with Crippen LogP contribution in [0.3, 0.4) is 0 Å². The lowest BCUT2D eigenvalue weighted by molar-refractivity contribution is 0.0975. The van der Waals surface area contributed by atoms with E-state index < -0.39 is 0 Å². The predicted octanol–water partition coefficient (Wildman–Crippen LogP) is 4.20. The van der Waals surface area contributed by atoms with E-state index in [1.807, 2.05) is 68.4 Å². The van der Waals surface area contributed by atoms with Gasteiger partial charge in [0.2, 0.25) is 5.82 Å². The van der Waals surface area contributed by atoms with Gasteiger partial charge in [-0.15, -0.1) is 5.10 Å². The van der Waals surface area contributed by atoms with Gasteiger partial charge in [-0.3, -0.25) is 9.69 Å². The van der Waals surface area contributed by atoms with E-state index in [0.29, 0.717) is 17.5 Å². The van der Waals surface area contributed by atoms with Crippen molar-refractivity contribution in [3.63, 3.8) is 0 Å². The van der Waals surface area contributed by atoms with Gasteiger partial charge >= 0.3 is 0 Å². The molecule has 0 bridgehead atoms. The van der Waals surface area contributed by atoms with Gasteiger partial charge in [0.25, 0.3) is 11.7 Å². The highest BCUT2D eigenvalue weighted by atomic mass is 32.1. The van der Waals surface area contributed by atoms with Gasteiger partial charge in [-0.2, -0.15) is 4.98 Å². The second-order valence-electron chi connectivity index (χ2n) is 7.03. The number of aryl methyl sites for hydroxylation is 2. The number of thiazole rings is 1. The molecule has 0 atom stereocenters. The maximum absolute atomic E-state index is 13.5. The first-order valence-corrected chi connectivity index (χ1v) is 10.3. The number of carbonyl (C=O) groups excluding carboxylic acids is 1. The summed E-state index contributed by atoms with van der Waals surface area (Å²) in [5, 5.41) is 5.02. The summed E-state index contributed by atoms with van der Waals surface area (Å²) in [6.07, 6.45) is 1.66. The average molecular weight is 414 g/mol. The van der Waals surface area contributed by atoms with Crippen LogP contribution in [0.1, 0.15) is 27.4 Å². The lowest BCUT2D eigenvalue weighted by atomic mass is 10.2. The Hall–Kier alpha value is -3.65. The summed E-state index contributed by atoms with van der Waals surface area (Å²) in [4.78, 5) is 28.5. The number of fused-ring (bicyclic) bond motifs is 2. The summed E-state index contributed by atoms with van der Waals surface area (Å²) in [7, 11) is 0. The highest BCUT2D eigenvalue weighted by Crippen LogP contribution is 2.32. The van der Waals surface area contributed by atoms with Crippen molar-refractivity contribution in [2.75, 3.05) is 4.90 Å². The van der Waals surface area contributed by atoms with E-state index in [9.17, 15) is 4.79 Å². The first-order valence-electron chi connectivity index (χ1n) is 9.50. The fourth-order valence-electron chi connectivity index (χ4n) is 3.30. The van der Waals surface area contributed by atoms with Crippen molar-refractivity contribution in [2.45, 2.75) is 20.4 Å². The number of anilines is 1. The molecule has 0 saturated heterocycles. The van der Waals surface area contributed by atoms with Gasteiger partial charge in [0.1, 0.15) is 0 Å². The number of carbonyl (C=O) groups is 1. The number of nitrogens with zero attached hydrogens (tertiary/aromatic N) is 6. The molecule has 0 saturated carbocycles. The van der Waals surface area contributed by atoms with E-state index in [1.54, 1.807) is 15.6 Å². The van der Waals surface area contributed by atoms with Crippen molar-refractivity contribution >= 4 is 38.4 Å². The maximum Gasteiger partial charge on any atom is 0.300 e. The zero-order valence-electron chi connectivity index (χ0n) is 16.5. The Morgan fingerprint density at radius 2 is 1.87 bits per heavy atom. The Balaban J connectivity index is 1.61. The zero-order chi connectivity index (χ0) is 20.7. The Bertz CT molecular complexity index is 1370. The second kappa shape index (κ2) is 7.31. The standard InChI is InChI=1S/C22H18N6OS/c1-14-7-6-10-17-18(14)24-22(30-17)27(13-16-8-4-3-5-9-16)20(29)19-25-21-23-12-11-15(2)28(21)26-19/h3-12H,13H2,1-2H3. The first-order chi connectivity index (χ1) is 14.6. The number of aromatic nitrogens is 5. The van der Waals surface area contributed by atoms with Gasteiger partial charge in [0.05, 0.1) is 16.8 Å². The molecule has 1 amide bonds. The molecule has 0 unspecified atom stereocenters. The molecule has 3 aromatic heterocycles. The molecule has 7 nitrogen and oxygen atoms in total. The fourth-order valence-corrected chi connectivity index (χ4v) is 4.34. The first kappa shape index (κ1) is 18.4. The molecule has 0 N–H and O–H groups in total. The lowest BCUT2D eigenvalue weighted by Gasteiger charge is -2.18. The molecule has 0 spiro atoms. The van der Waals surface area contributed by atoms with E-state index in [-0.39, 0.29) is 11.7 Å².